The van der Waals surface area contributed by atoms with Crippen molar-refractivity contribution in [1.29, 1.82) is 0 Å². The monoisotopic (exact) mass is 465 g/mol. The van der Waals surface area contributed by atoms with Crippen LogP contribution in [0.3, 0.4) is 0 Å². The summed E-state index contributed by atoms with van der Waals surface area (Å²) in [6.07, 6.45) is 6.37. The second kappa shape index (κ2) is 9.15. The van der Waals surface area contributed by atoms with Gasteiger partial charge in [0.15, 0.2) is 0 Å². The Kier molecular flexibility index (Phi) is 6.85. The molecule has 1 aliphatic rings. The van der Waals surface area contributed by atoms with Gasteiger partial charge in [-0.1, -0.05) is 24.1 Å². The minimum Gasteiger partial charge on any atom is -0.352 e. The van der Waals surface area contributed by atoms with Crippen molar-refractivity contribution in [3.63, 3.8) is 0 Å². The van der Waals surface area contributed by atoms with E-state index in [1.165, 1.54) is 6.20 Å². The maximum absolute atomic E-state index is 13.1. The molecular formula is C20H24BrN3O3S. The molecule has 0 spiro atoms. The Balaban J connectivity index is 1.65. The topological polar surface area (TPSA) is 79.4 Å². The molecule has 0 aliphatic carbocycles. The van der Waals surface area contributed by atoms with Crippen LogP contribution in [-0.4, -0.2) is 42.7 Å². The first-order valence-corrected chi connectivity index (χ1v) is 11.6. The Bertz CT molecular complexity index is 932. The molecule has 1 amide bonds. The summed E-state index contributed by atoms with van der Waals surface area (Å²) in [5, 5.41) is 2.87. The molecule has 1 aliphatic heterocycles. The van der Waals surface area contributed by atoms with Crippen LogP contribution in [0.2, 0.25) is 0 Å². The predicted octanol–water partition coefficient (Wildman–Crippen LogP) is 3.52. The SMILES string of the molecule is Cc1ccc(S(=O)(=O)N2CCCCC2CCNC(=O)c2cncc(Br)c2)cc1. The number of carbonyl (C=O) groups is 1. The van der Waals surface area contributed by atoms with E-state index in [4.69, 9.17) is 0 Å². The third-order valence-corrected chi connectivity index (χ3v) is 7.33. The Morgan fingerprint density at radius 3 is 2.71 bits per heavy atom. The van der Waals surface area contributed by atoms with Crippen molar-refractivity contribution in [2.45, 2.75) is 43.5 Å². The van der Waals surface area contributed by atoms with E-state index in [0.29, 0.717) is 30.0 Å². The van der Waals surface area contributed by atoms with Gasteiger partial charge in [-0.25, -0.2) is 8.42 Å². The number of aryl methyl sites for hydroxylation is 1. The normalized spacial score (nSPS) is 18.0. The smallest absolute Gasteiger partial charge is 0.252 e. The lowest BCUT2D eigenvalue weighted by Crippen LogP contribution is -2.45. The van der Waals surface area contributed by atoms with Crippen LogP contribution in [-0.2, 0) is 10.0 Å². The summed E-state index contributed by atoms with van der Waals surface area (Å²) >= 11 is 3.30. The fourth-order valence-electron chi connectivity index (χ4n) is 3.41. The first kappa shape index (κ1) is 21.0. The lowest BCUT2D eigenvalue weighted by atomic mass is 10.0. The van der Waals surface area contributed by atoms with Crippen LogP contribution in [0.5, 0.6) is 0 Å². The molecule has 3 rings (SSSR count). The van der Waals surface area contributed by atoms with E-state index in [1.807, 2.05) is 19.1 Å². The van der Waals surface area contributed by atoms with Crippen molar-refractivity contribution in [2.24, 2.45) is 0 Å². The molecule has 1 saturated heterocycles. The van der Waals surface area contributed by atoms with Gasteiger partial charge in [0, 0.05) is 36.0 Å². The van der Waals surface area contributed by atoms with Crippen molar-refractivity contribution >= 4 is 31.9 Å². The molecule has 0 bridgehead atoms. The van der Waals surface area contributed by atoms with Crippen LogP contribution in [0, 0.1) is 6.92 Å². The Hall–Kier alpha value is -1.77. The third kappa shape index (κ3) is 4.98. The Morgan fingerprint density at radius 1 is 1.25 bits per heavy atom. The number of nitrogens with one attached hydrogen (secondary N) is 1. The molecule has 150 valence electrons. The lowest BCUT2D eigenvalue weighted by molar-refractivity contribution is 0.0949. The number of hydrogen-bond acceptors (Lipinski definition) is 4. The van der Waals surface area contributed by atoms with Gasteiger partial charge in [-0.05, 0) is 60.3 Å². The zero-order valence-corrected chi connectivity index (χ0v) is 18.2. The van der Waals surface area contributed by atoms with Gasteiger partial charge in [0.25, 0.3) is 5.91 Å². The van der Waals surface area contributed by atoms with Gasteiger partial charge in [-0.2, -0.15) is 4.31 Å². The molecular weight excluding hydrogens is 442 g/mol. The van der Waals surface area contributed by atoms with Crippen molar-refractivity contribution in [1.82, 2.24) is 14.6 Å². The average molecular weight is 466 g/mol. The van der Waals surface area contributed by atoms with Crippen molar-refractivity contribution in [3.05, 3.63) is 58.3 Å². The van der Waals surface area contributed by atoms with Crippen molar-refractivity contribution < 1.29 is 13.2 Å². The average Bonchev–Trinajstić information content (AvgIpc) is 2.68. The molecule has 28 heavy (non-hydrogen) atoms. The van der Waals surface area contributed by atoms with E-state index in [1.54, 1.807) is 28.7 Å². The van der Waals surface area contributed by atoms with Gasteiger partial charge in [-0.15, -0.1) is 0 Å². The van der Waals surface area contributed by atoms with Gasteiger partial charge in [0.2, 0.25) is 10.0 Å². The second-order valence-corrected chi connectivity index (χ2v) is 9.82. The molecule has 0 radical (unpaired) electrons. The highest BCUT2D eigenvalue weighted by molar-refractivity contribution is 9.10. The molecule has 1 N–H and O–H groups in total. The molecule has 2 heterocycles. The fraction of sp³-hybridized carbons (Fsp3) is 0.400. The molecule has 1 fully saturated rings. The van der Waals surface area contributed by atoms with E-state index in [2.05, 4.69) is 26.2 Å². The van der Waals surface area contributed by atoms with Gasteiger partial charge in [0.05, 0.1) is 10.5 Å². The van der Waals surface area contributed by atoms with E-state index < -0.39 is 10.0 Å². The van der Waals surface area contributed by atoms with Gasteiger partial charge >= 0.3 is 0 Å². The number of pyridine rings is 1. The van der Waals surface area contributed by atoms with Crippen LogP contribution < -0.4 is 5.32 Å². The van der Waals surface area contributed by atoms with E-state index in [9.17, 15) is 13.2 Å². The highest BCUT2D eigenvalue weighted by Gasteiger charge is 2.33. The largest absolute Gasteiger partial charge is 0.352 e. The first-order chi connectivity index (χ1) is 13.4. The summed E-state index contributed by atoms with van der Waals surface area (Å²) in [5.74, 6) is -0.211. The summed E-state index contributed by atoms with van der Waals surface area (Å²) in [6, 6.07) is 8.56. The summed E-state index contributed by atoms with van der Waals surface area (Å²) in [6.45, 7) is 2.86. The number of hydrogen-bond donors (Lipinski definition) is 1. The molecule has 8 heteroatoms. The molecule has 0 saturated carbocycles. The van der Waals surface area contributed by atoms with Gasteiger partial charge in [0.1, 0.15) is 0 Å². The summed E-state index contributed by atoms with van der Waals surface area (Å²) in [5.41, 5.74) is 1.50. The molecule has 1 aromatic heterocycles. The quantitative estimate of drug-likeness (QED) is 0.707. The van der Waals surface area contributed by atoms with Gasteiger partial charge in [-0.3, -0.25) is 9.78 Å². The van der Waals surface area contributed by atoms with Crippen LogP contribution >= 0.6 is 15.9 Å². The number of piperidine rings is 1. The second-order valence-electron chi connectivity index (χ2n) is 7.01. The van der Waals surface area contributed by atoms with E-state index in [-0.39, 0.29) is 11.9 Å². The zero-order valence-electron chi connectivity index (χ0n) is 15.8. The molecule has 1 aromatic carbocycles. The Labute approximate surface area is 174 Å². The van der Waals surface area contributed by atoms with Gasteiger partial charge < -0.3 is 5.32 Å². The van der Waals surface area contributed by atoms with Crippen LogP contribution in [0.25, 0.3) is 0 Å². The lowest BCUT2D eigenvalue weighted by Gasteiger charge is -2.34. The summed E-state index contributed by atoms with van der Waals surface area (Å²) in [7, 11) is -3.53. The van der Waals surface area contributed by atoms with E-state index >= 15 is 0 Å². The van der Waals surface area contributed by atoms with Crippen molar-refractivity contribution in [2.75, 3.05) is 13.1 Å². The number of carbonyl (C=O) groups excluding carboxylic acids is 1. The number of benzene rings is 1. The molecule has 6 nitrogen and oxygen atoms in total. The zero-order chi connectivity index (χ0) is 20.1. The number of sulfonamides is 1. The van der Waals surface area contributed by atoms with Crippen LogP contribution in [0.1, 0.15) is 41.6 Å². The van der Waals surface area contributed by atoms with E-state index in [0.717, 1.165) is 29.3 Å². The summed E-state index contributed by atoms with van der Waals surface area (Å²) < 4.78 is 28.5. The highest BCUT2D eigenvalue weighted by atomic mass is 79.9. The first-order valence-electron chi connectivity index (χ1n) is 9.35. The molecule has 1 atom stereocenters. The number of nitrogens with zero attached hydrogens (tertiary/aromatic N) is 2. The maximum Gasteiger partial charge on any atom is 0.252 e. The number of amides is 1. The van der Waals surface area contributed by atoms with Crippen molar-refractivity contribution in [3.8, 4) is 0 Å². The standard InChI is InChI=1S/C20H24BrN3O3S/c1-15-5-7-19(8-6-15)28(26,27)24-11-3-2-4-18(24)9-10-23-20(25)16-12-17(21)14-22-13-16/h5-8,12-14,18H,2-4,9-11H2,1H3,(H,23,25). The Morgan fingerprint density at radius 2 is 2.00 bits per heavy atom. The maximum atomic E-state index is 13.1. The minimum atomic E-state index is -3.53. The number of aromatic nitrogens is 1. The van der Waals surface area contributed by atoms with Crippen LogP contribution in [0.15, 0.2) is 52.1 Å². The molecule has 1 unspecified atom stereocenters. The highest BCUT2D eigenvalue weighted by Crippen LogP contribution is 2.27. The third-order valence-electron chi connectivity index (χ3n) is 4.93. The predicted molar refractivity (Wildman–Crippen MR) is 112 cm³/mol. The summed E-state index contributed by atoms with van der Waals surface area (Å²) in [4.78, 5) is 16.6. The number of halogens is 1. The molecule has 2 aromatic rings. The minimum absolute atomic E-state index is 0.110. The fourth-order valence-corrected chi connectivity index (χ4v) is 5.50. The number of rotatable bonds is 6. The van der Waals surface area contributed by atoms with Crippen LogP contribution in [0.4, 0.5) is 0 Å².